The Labute approximate surface area is 240 Å². The lowest BCUT2D eigenvalue weighted by molar-refractivity contribution is -0.143. The van der Waals surface area contributed by atoms with E-state index in [0.29, 0.717) is 11.3 Å². The number of phenols is 1. The van der Waals surface area contributed by atoms with Crippen molar-refractivity contribution in [1.29, 1.82) is 0 Å². The number of aromatic nitrogens is 2. The lowest BCUT2D eigenvalue weighted by atomic mass is 10.0. The number of phenolic OH excluding ortho intramolecular Hbond substituents is 1. The van der Waals surface area contributed by atoms with Crippen LogP contribution < -0.4 is 38.9 Å². The molecule has 2 aromatic rings. The van der Waals surface area contributed by atoms with E-state index < -0.39 is 60.2 Å². The van der Waals surface area contributed by atoms with Gasteiger partial charge in [0.25, 0.3) is 0 Å². The Kier molecular flexibility index (Phi) is 12.7. The number of guanidine groups is 1. The number of aliphatic carboxylic acids is 1. The van der Waals surface area contributed by atoms with Gasteiger partial charge in [0.1, 0.15) is 23.9 Å². The number of H-pyrrole nitrogens is 1. The monoisotopic (exact) mass is 588 g/mol. The summed E-state index contributed by atoms with van der Waals surface area (Å²) in [4.78, 5) is 72.7. The summed E-state index contributed by atoms with van der Waals surface area (Å²) in [6, 6.07) is 0.880. The van der Waals surface area contributed by atoms with E-state index in [4.69, 9.17) is 22.9 Å². The van der Waals surface area contributed by atoms with Crippen molar-refractivity contribution in [2.45, 2.75) is 56.3 Å². The quantitative estimate of drug-likeness (QED) is 0.0495. The van der Waals surface area contributed by atoms with Gasteiger partial charge in [-0.15, -0.1) is 0 Å². The zero-order valence-corrected chi connectivity index (χ0v) is 22.7. The van der Waals surface area contributed by atoms with Gasteiger partial charge in [-0.3, -0.25) is 24.2 Å². The minimum Gasteiger partial charge on any atom is -0.508 e. The molecule has 228 valence electrons. The van der Waals surface area contributed by atoms with Crippen molar-refractivity contribution in [3.05, 3.63) is 48.0 Å². The van der Waals surface area contributed by atoms with E-state index in [1.54, 1.807) is 12.1 Å². The molecular weight excluding hydrogens is 552 g/mol. The van der Waals surface area contributed by atoms with E-state index in [0.717, 1.165) is 0 Å². The van der Waals surface area contributed by atoms with Gasteiger partial charge in [0.2, 0.25) is 23.6 Å². The summed E-state index contributed by atoms with van der Waals surface area (Å²) < 4.78 is 0. The number of nitrogens with two attached hydrogens (primary N) is 4. The lowest BCUT2D eigenvalue weighted by Gasteiger charge is -2.25. The first-order valence-corrected chi connectivity index (χ1v) is 12.8. The SMILES string of the molecule is NC(=O)CC(NC(=O)C(Cc1cnc[nH]1)NC(=O)C(CCCN=C(N)N)NC(=O)C(N)Cc1ccc(O)cc1)C(=O)O. The van der Waals surface area contributed by atoms with Crippen molar-refractivity contribution < 1.29 is 34.2 Å². The number of nitrogens with one attached hydrogen (secondary N) is 4. The average Bonchev–Trinajstić information content (AvgIpc) is 3.43. The van der Waals surface area contributed by atoms with E-state index >= 15 is 0 Å². The second kappa shape index (κ2) is 16.2. The fraction of sp³-hybridized carbons (Fsp3) is 0.400. The molecule has 0 radical (unpaired) electrons. The fourth-order valence-corrected chi connectivity index (χ4v) is 3.80. The third kappa shape index (κ3) is 11.5. The molecule has 4 atom stereocenters. The summed E-state index contributed by atoms with van der Waals surface area (Å²) in [5.41, 5.74) is 23.0. The maximum atomic E-state index is 13.4. The van der Waals surface area contributed by atoms with Gasteiger partial charge in [-0.2, -0.15) is 0 Å². The molecule has 1 heterocycles. The fourth-order valence-electron chi connectivity index (χ4n) is 3.80. The molecule has 42 heavy (non-hydrogen) atoms. The van der Waals surface area contributed by atoms with Crippen molar-refractivity contribution in [2.75, 3.05) is 6.54 Å². The van der Waals surface area contributed by atoms with Gasteiger partial charge in [0.15, 0.2) is 5.96 Å². The van der Waals surface area contributed by atoms with Crippen LogP contribution in [0.15, 0.2) is 41.8 Å². The summed E-state index contributed by atoms with van der Waals surface area (Å²) in [6.07, 6.45) is 2.38. The second-order valence-corrected chi connectivity index (χ2v) is 9.40. The molecule has 0 aliphatic carbocycles. The highest BCUT2D eigenvalue weighted by Crippen LogP contribution is 2.11. The first-order chi connectivity index (χ1) is 19.8. The number of aromatic hydroxyl groups is 1. The molecule has 1 aromatic heterocycles. The number of amides is 4. The Morgan fingerprint density at radius 1 is 0.905 bits per heavy atom. The minimum absolute atomic E-state index is 0.0484. The summed E-state index contributed by atoms with van der Waals surface area (Å²) in [5, 5.41) is 26.2. The molecule has 2 rings (SSSR count). The summed E-state index contributed by atoms with van der Waals surface area (Å²) in [7, 11) is 0. The van der Waals surface area contributed by atoms with Gasteiger partial charge >= 0.3 is 5.97 Å². The van der Waals surface area contributed by atoms with Crippen molar-refractivity contribution in [3.63, 3.8) is 0 Å². The molecule has 14 N–H and O–H groups in total. The van der Waals surface area contributed by atoms with Gasteiger partial charge in [-0.05, 0) is 37.0 Å². The number of benzene rings is 1. The van der Waals surface area contributed by atoms with Crippen molar-refractivity contribution in [1.82, 2.24) is 25.9 Å². The zero-order chi connectivity index (χ0) is 31.2. The predicted molar refractivity (Wildman–Crippen MR) is 149 cm³/mol. The Balaban J connectivity index is 2.21. The number of carboxylic acid groups (broad SMARTS) is 1. The van der Waals surface area contributed by atoms with Crippen LogP contribution in [0.3, 0.4) is 0 Å². The van der Waals surface area contributed by atoms with Crippen molar-refractivity contribution >= 4 is 35.6 Å². The van der Waals surface area contributed by atoms with Crippen LogP contribution >= 0.6 is 0 Å². The maximum Gasteiger partial charge on any atom is 0.326 e. The first-order valence-electron chi connectivity index (χ1n) is 12.8. The van der Waals surface area contributed by atoms with Gasteiger partial charge in [-0.1, -0.05) is 12.1 Å². The molecule has 0 saturated carbocycles. The van der Waals surface area contributed by atoms with Crippen molar-refractivity contribution in [2.24, 2.45) is 27.9 Å². The third-order valence-electron chi connectivity index (χ3n) is 5.94. The molecule has 0 spiro atoms. The Morgan fingerprint density at radius 3 is 2.10 bits per heavy atom. The largest absolute Gasteiger partial charge is 0.508 e. The standard InChI is InChI=1S/C25H36N10O7/c26-16(8-13-3-5-15(36)6-4-13)21(38)33-17(2-1-7-31-25(28)29)22(39)34-18(9-14-11-30-12-32-14)23(40)35-19(24(41)42)10-20(27)37/h3-6,11-12,16-19,36H,1-2,7-10,26H2,(H2,27,37)(H,30,32)(H,33,38)(H,34,39)(H,35,40)(H,41,42)(H4,28,29,31). The van der Waals surface area contributed by atoms with E-state index in [-0.39, 0.29) is 43.9 Å². The summed E-state index contributed by atoms with van der Waals surface area (Å²) >= 11 is 0. The van der Waals surface area contributed by atoms with Crippen LogP contribution in [0.1, 0.15) is 30.5 Å². The van der Waals surface area contributed by atoms with Gasteiger partial charge in [0, 0.05) is 24.9 Å². The van der Waals surface area contributed by atoms with E-state index in [1.807, 2.05) is 0 Å². The number of hydrogen-bond donors (Lipinski definition) is 10. The van der Waals surface area contributed by atoms with E-state index in [9.17, 15) is 34.2 Å². The third-order valence-corrected chi connectivity index (χ3v) is 5.94. The molecule has 0 aliphatic heterocycles. The number of carbonyl (C=O) groups is 5. The summed E-state index contributed by atoms with van der Waals surface area (Å²) in [6.45, 7) is 0.146. The molecular formula is C25H36N10O7. The lowest BCUT2D eigenvalue weighted by Crippen LogP contribution is -2.58. The number of aromatic amines is 1. The van der Waals surface area contributed by atoms with Crippen LogP contribution in [0.5, 0.6) is 5.75 Å². The highest BCUT2D eigenvalue weighted by Gasteiger charge is 2.31. The average molecular weight is 589 g/mol. The number of imidazole rings is 1. The highest BCUT2D eigenvalue weighted by atomic mass is 16.4. The predicted octanol–water partition coefficient (Wildman–Crippen LogP) is -3.30. The Morgan fingerprint density at radius 2 is 1.52 bits per heavy atom. The van der Waals surface area contributed by atoms with Gasteiger partial charge < -0.3 is 54.1 Å². The molecule has 0 saturated heterocycles. The molecule has 4 amide bonds. The molecule has 0 bridgehead atoms. The number of rotatable bonds is 17. The topological polar surface area (TPSA) is 307 Å². The molecule has 17 heteroatoms. The van der Waals surface area contributed by atoms with Gasteiger partial charge in [-0.25, -0.2) is 9.78 Å². The summed E-state index contributed by atoms with van der Waals surface area (Å²) in [5.74, 6) is -4.91. The number of hydrogen-bond acceptors (Lipinski definition) is 9. The minimum atomic E-state index is -1.64. The van der Waals surface area contributed by atoms with Crippen molar-refractivity contribution in [3.8, 4) is 5.75 Å². The first kappa shape index (κ1) is 33.0. The van der Waals surface area contributed by atoms with Crippen LogP contribution in [-0.4, -0.2) is 86.5 Å². The molecule has 0 fully saturated rings. The number of aliphatic imine (C=N–C) groups is 1. The number of carbonyl (C=O) groups excluding carboxylic acids is 4. The number of nitrogens with zero attached hydrogens (tertiary/aromatic N) is 2. The molecule has 0 aliphatic rings. The van der Waals surface area contributed by atoms with E-state index in [2.05, 4.69) is 30.9 Å². The van der Waals surface area contributed by atoms with Crippen LogP contribution in [0.4, 0.5) is 0 Å². The Bertz CT molecular complexity index is 1250. The van der Waals surface area contributed by atoms with Crippen LogP contribution in [0, 0.1) is 0 Å². The highest BCUT2D eigenvalue weighted by molar-refractivity contribution is 5.95. The van der Waals surface area contributed by atoms with Crippen LogP contribution in [-0.2, 0) is 36.8 Å². The number of primary amides is 1. The molecule has 1 aromatic carbocycles. The zero-order valence-electron chi connectivity index (χ0n) is 22.7. The maximum absolute atomic E-state index is 13.4. The second-order valence-electron chi connectivity index (χ2n) is 9.40. The smallest absolute Gasteiger partial charge is 0.326 e. The van der Waals surface area contributed by atoms with Crippen LogP contribution in [0.25, 0.3) is 0 Å². The number of carboxylic acids is 1. The Hall–Kier alpha value is -5.19. The van der Waals surface area contributed by atoms with E-state index in [1.165, 1.54) is 24.7 Å². The molecule has 17 nitrogen and oxygen atoms in total. The normalized spacial score (nSPS) is 13.5. The van der Waals surface area contributed by atoms with Gasteiger partial charge in [0.05, 0.1) is 18.8 Å². The van der Waals surface area contributed by atoms with Crippen LogP contribution in [0.2, 0.25) is 0 Å². The molecule has 4 unspecified atom stereocenters.